The number of aliphatic hydroxyl groups excluding tert-OH is 1. The van der Waals surface area contributed by atoms with Crippen molar-refractivity contribution in [1.29, 1.82) is 0 Å². The highest BCUT2D eigenvalue weighted by atomic mass is 35.5. The van der Waals surface area contributed by atoms with Gasteiger partial charge >= 0.3 is 0 Å². The molecule has 2 N–H and O–H groups in total. The van der Waals surface area contributed by atoms with E-state index in [4.69, 9.17) is 16.7 Å². The number of nitrogens with zero attached hydrogens (tertiary/aromatic N) is 1. The largest absolute Gasteiger partial charge is 0.394 e. The zero-order valence-corrected chi connectivity index (χ0v) is 8.86. The van der Waals surface area contributed by atoms with Gasteiger partial charge in [0, 0.05) is 18.2 Å². The van der Waals surface area contributed by atoms with E-state index in [9.17, 15) is 10.1 Å². The number of anilines is 1. The van der Waals surface area contributed by atoms with Gasteiger partial charge in [-0.1, -0.05) is 11.6 Å². The van der Waals surface area contributed by atoms with Crippen LogP contribution < -0.4 is 5.32 Å². The second-order valence-corrected chi connectivity index (χ2v) is 3.56. The Hall–Kier alpha value is -1.33. The lowest BCUT2D eigenvalue weighted by Gasteiger charge is -2.13. The number of non-ortho nitro benzene ring substituents is 1. The molecule has 0 saturated carbocycles. The van der Waals surface area contributed by atoms with Gasteiger partial charge in [-0.3, -0.25) is 10.1 Å². The van der Waals surface area contributed by atoms with Gasteiger partial charge in [0.05, 0.1) is 22.2 Å². The summed E-state index contributed by atoms with van der Waals surface area (Å²) in [5.74, 6) is 0. The minimum Gasteiger partial charge on any atom is -0.394 e. The molecule has 15 heavy (non-hydrogen) atoms. The molecule has 0 fully saturated rings. The van der Waals surface area contributed by atoms with Gasteiger partial charge in [-0.15, -0.1) is 0 Å². The molecular formula is C9H11ClN2O3. The molecule has 0 spiro atoms. The number of hydrogen-bond donors (Lipinski definition) is 2. The molecule has 0 aromatic heterocycles. The Morgan fingerprint density at radius 1 is 1.67 bits per heavy atom. The van der Waals surface area contributed by atoms with Crippen LogP contribution in [0.4, 0.5) is 11.4 Å². The van der Waals surface area contributed by atoms with E-state index in [1.165, 1.54) is 18.2 Å². The molecule has 0 radical (unpaired) electrons. The summed E-state index contributed by atoms with van der Waals surface area (Å²) in [5, 5.41) is 22.4. The van der Waals surface area contributed by atoms with Crippen LogP contribution in [0, 0.1) is 10.1 Å². The molecule has 1 rings (SSSR count). The topological polar surface area (TPSA) is 75.4 Å². The summed E-state index contributed by atoms with van der Waals surface area (Å²) in [6.45, 7) is 1.74. The van der Waals surface area contributed by atoms with Crippen LogP contribution in [-0.2, 0) is 0 Å². The van der Waals surface area contributed by atoms with Gasteiger partial charge in [0.1, 0.15) is 0 Å². The maximum Gasteiger partial charge on any atom is 0.271 e. The fourth-order valence-electron chi connectivity index (χ4n) is 1.05. The van der Waals surface area contributed by atoms with Gasteiger partial charge in [-0.05, 0) is 13.0 Å². The van der Waals surface area contributed by atoms with E-state index in [0.29, 0.717) is 5.69 Å². The molecule has 82 valence electrons. The molecule has 1 aromatic rings. The van der Waals surface area contributed by atoms with Gasteiger partial charge in [0.25, 0.3) is 5.69 Å². The van der Waals surface area contributed by atoms with E-state index in [-0.39, 0.29) is 23.4 Å². The van der Waals surface area contributed by atoms with Gasteiger partial charge in [-0.2, -0.15) is 0 Å². The van der Waals surface area contributed by atoms with Gasteiger partial charge in [0.2, 0.25) is 0 Å². The molecule has 0 aliphatic heterocycles. The number of nitrogens with one attached hydrogen (secondary N) is 1. The summed E-state index contributed by atoms with van der Waals surface area (Å²) < 4.78 is 0. The summed E-state index contributed by atoms with van der Waals surface area (Å²) in [6.07, 6.45) is 0. The Morgan fingerprint density at radius 2 is 2.33 bits per heavy atom. The number of aliphatic hydroxyl groups is 1. The highest BCUT2D eigenvalue weighted by Gasteiger charge is 2.10. The van der Waals surface area contributed by atoms with Crippen LogP contribution in [0.5, 0.6) is 0 Å². The monoisotopic (exact) mass is 230 g/mol. The van der Waals surface area contributed by atoms with Gasteiger partial charge in [0.15, 0.2) is 0 Å². The van der Waals surface area contributed by atoms with Crippen molar-refractivity contribution in [3.05, 3.63) is 33.3 Å². The van der Waals surface area contributed by atoms with Crippen LogP contribution >= 0.6 is 11.6 Å². The molecule has 0 aliphatic carbocycles. The lowest BCUT2D eigenvalue weighted by Crippen LogP contribution is -2.19. The SMILES string of the molecule is CC(CO)Nc1ccc([N+](=O)[O-])cc1Cl. The first-order valence-electron chi connectivity index (χ1n) is 4.36. The maximum atomic E-state index is 10.4. The highest BCUT2D eigenvalue weighted by molar-refractivity contribution is 6.33. The quantitative estimate of drug-likeness (QED) is 0.613. The number of nitro groups is 1. The number of benzene rings is 1. The second-order valence-electron chi connectivity index (χ2n) is 3.15. The van der Waals surface area contributed by atoms with Crippen molar-refractivity contribution in [1.82, 2.24) is 0 Å². The molecule has 0 saturated heterocycles. The van der Waals surface area contributed by atoms with Crippen molar-refractivity contribution < 1.29 is 10.0 Å². The first-order valence-corrected chi connectivity index (χ1v) is 4.73. The molecule has 5 nitrogen and oxygen atoms in total. The lowest BCUT2D eigenvalue weighted by atomic mass is 10.2. The molecular weight excluding hydrogens is 220 g/mol. The van der Waals surface area contributed by atoms with Crippen molar-refractivity contribution in [3.8, 4) is 0 Å². The van der Waals surface area contributed by atoms with Crippen molar-refractivity contribution >= 4 is 23.0 Å². The maximum absolute atomic E-state index is 10.4. The van der Waals surface area contributed by atoms with Crippen molar-refractivity contribution in [2.24, 2.45) is 0 Å². The number of nitro benzene ring substituents is 1. The molecule has 6 heteroatoms. The zero-order chi connectivity index (χ0) is 11.4. The number of halogens is 1. The Balaban J connectivity index is 2.88. The molecule has 1 atom stereocenters. The van der Waals surface area contributed by atoms with Crippen LogP contribution in [0.3, 0.4) is 0 Å². The van der Waals surface area contributed by atoms with Crippen molar-refractivity contribution in [2.75, 3.05) is 11.9 Å². The van der Waals surface area contributed by atoms with Crippen molar-refractivity contribution in [3.63, 3.8) is 0 Å². The summed E-state index contributed by atoms with van der Waals surface area (Å²) >= 11 is 5.83. The van der Waals surface area contributed by atoms with Crippen LogP contribution in [0.15, 0.2) is 18.2 Å². The number of rotatable bonds is 4. The average molecular weight is 231 g/mol. The predicted octanol–water partition coefficient (Wildman–Crippen LogP) is 2.04. The smallest absolute Gasteiger partial charge is 0.271 e. The van der Waals surface area contributed by atoms with E-state index in [2.05, 4.69) is 5.32 Å². The highest BCUT2D eigenvalue weighted by Crippen LogP contribution is 2.26. The van der Waals surface area contributed by atoms with Gasteiger partial charge in [-0.25, -0.2) is 0 Å². The Labute approximate surface area is 91.8 Å². The summed E-state index contributed by atoms with van der Waals surface area (Å²) in [6, 6.07) is 4.00. The summed E-state index contributed by atoms with van der Waals surface area (Å²) in [5.41, 5.74) is 0.519. The Bertz CT molecular complexity index is 370. The van der Waals surface area contributed by atoms with Crippen LogP contribution in [-0.4, -0.2) is 22.7 Å². The zero-order valence-electron chi connectivity index (χ0n) is 8.11. The minimum absolute atomic E-state index is 0.0344. The van der Waals surface area contributed by atoms with E-state index in [1.807, 2.05) is 0 Å². The van der Waals surface area contributed by atoms with E-state index < -0.39 is 4.92 Å². The fourth-order valence-corrected chi connectivity index (χ4v) is 1.28. The van der Waals surface area contributed by atoms with Crippen LogP contribution in [0.1, 0.15) is 6.92 Å². The lowest BCUT2D eigenvalue weighted by molar-refractivity contribution is -0.384. The average Bonchev–Trinajstić information content (AvgIpc) is 2.20. The number of hydrogen-bond acceptors (Lipinski definition) is 4. The van der Waals surface area contributed by atoms with Crippen LogP contribution in [0.2, 0.25) is 5.02 Å². The van der Waals surface area contributed by atoms with Crippen LogP contribution in [0.25, 0.3) is 0 Å². The summed E-state index contributed by atoms with van der Waals surface area (Å²) in [7, 11) is 0. The molecule has 0 heterocycles. The summed E-state index contributed by atoms with van der Waals surface area (Å²) in [4.78, 5) is 9.92. The van der Waals surface area contributed by atoms with Crippen molar-refractivity contribution in [2.45, 2.75) is 13.0 Å². The molecule has 1 aromatic carbocycles. The first kappa shape index (κ1) is 11.7. The standard InChI is InChI=1S/C9H11ClN2O3/c1-6(5-13)11-9-3-2-7(12(14)15)4-8(9)10/h2-4,6,11,13H,5H2,1H3. The Kier molecular flexibility index (Phi) is 3.88. The van der Waals surface area contributed by atoms with Gasteiger partial charge < -0.3 is 10.4 Å². The Morgan fingerprint density at radius 3 is 2.80 bits per heavy atom. The fraction of sp³-hybridized carbons (Fsp3) is 0.333. The normalized spacial score (nSPS) is 12.2. The second kappa shape index (κ2) is 4.95. The minimum atomic E-state index is -0.509. The first-order chi connectivity index (χ1) is 7.04. The van der Waals surface area contributed by atoms with E-state index in [1.54, 1.807) is 6.92 Å². The third-order valence-corrected chi connectivity index (χ3v) is 2.15. The van der Waals surface area contributed by atoms with E-state index in [0.717, 1.165) is 0 Å². The molecule has 0 aliphatic rings. The predicted molar refractivity (Wildman–Crippen MR) is 58.3 cm³/mol. The molecule has 0 bridgehead atoms. The molecule has 0 amide bonds. The van der Waals surface area contributed by atoms with E-state index >= 15 is 0 Å². The third-order valence-electron chi connectivity index (χ3n) is 1.84. The molecule has 1 unspecified atom stereocenters. The third kappa shape index (κ3) is 3.07.